The van der Waals surface area contributed by atoms with Gasteiger partial charge in [0.2, 0.25) is 5.91 Å². The normalized spacial score (nSPS) is 16.6. The molecule has 0 aromatic heterocycles. The summed E-state index contributed by atoms with van der Waals surface area (Å²) in [5, 5.41) is 7.26. The molecule has 7 heteroatoms. The second-order valence-corrected chi connectivity index (χ2v) is 6.95. The van der Waals surface area contributed by atoms with Crippen molar-refractivity contribution in [3.8, 4) is 5.75 Å². The van der Waals surface area contributed by atoms with Crippen LogP contribution in [-0.4, -0.2) is 45.9 Å². The van der Waals surface area contributed by atoms with Crippen LogP contribution >= 0.6 is 23.2 Å². The third-order valence-corrected chi connectivity index (χ3v) is 5.00. The number of piperidine rings is 1. The molecule has 0 bridgehead atoms. The zero-order chi connectivity index (χ0) is 17.4. The summed E-state index contributed by atoms with van der Waals surface area (Å²) < 4.78 is 10.9. The largest absolute Gasteiger partial charge is 0.493 e. The highest BCUT2D eigenvalue weighted by Crippen LogP contribution is 2.28. The number of benzene rings is 1. The number of methoxy groups -OCH3 is 1. The Kier molecular flexibility index (Phi) is 7.62. The van der Waals surface area contributed by atoms with Crippen LogP contribution < -0.4 is 15.4 Å². The monoisotopic (exact) mass is 374 g/mol. The number of hydrogen-bond donors (Lipinski definition) is 2. The number of nitrogens with one attached hydrogen (secondary N) is 2. The Morgan fingerprint density at radius 2 is 2.04 bits per heavy atom. The van der Waals surface area contributed by atoms with E-state index >= 15 is 0 Å². The van der Waals surface area contributed by atoms with Gasteiger partial charge in [-0.1, -0.05) is 23.2 Å². The molecular weight excluding hydrogens is 351 g/mol. The Balaban J connectivity index is 1.73. The maximum absolute atomic E-state index is 12.0. The van der Waals surface area contributed by atoms with Crippen molar-refractivity contribution in [2.45, 2.75) is 19.3 Å². The van der Waals surface area contributed by atoms with E-state index in [0.29, 0.717) is 42.0 Å². The Bertz CT molecular complexity index is 543. The van der Waals surface area contributed by atoms with Crippen LogP contribution in [0.25, 0.3) is 0 Å². The van der Waals surface area contributed by atoms with E-state index in [1.54, 1.807) is 25.3 Å². The zero-order valence-corrected chi connectivity index (χ0v) is 15.4. The molecule has 0 radical (unpaired) electrons. The number of carbonyl (C=O) groups excluding carboxylic acids is 1. The number of carbonyl (C=O) groups is 1. The highest BCUT2D eigenvalue weighted by molar-refractivity contribution is 6.42. The molecule has 1 saturated heterocycles. The molecule has 1 aliphatic rings. The molecule has 1 aromatic rings. The van der Waals surface area contributed by atoms with Crippen molar-refractivity contribution in [1.29, 1.82) is 0 Å². The minimum absolute atomic E-state index is 0.0240. The van der Waals surface area contributed by atoms with Gasteiger partial charge in [0.1, 0.15) is 5.75 Å². The number of rotatable bonds is 8. The lowest BCUT2D eigenvalue weighted by atomic mass is 9.79. The van der Waals surface area contributed by atoms with Gasteiger partial charge in [-0.2, -0.15) is 0 Å². The predicted molar refractivity (Wildman–Crippen MR) is 96.0 cm³/mol. The van der Waals surface area contributed by atoms with Crippen molar-refractivity contribution in [3.63, 3.8) is 0 Å². The average Bonchev–Trinajstić information content (AvgIpc) is 2.57. The smallest absolute Gasteiger partial charge is 0.223 e. The summed E-state index contributed by atoms with van der Waals surface area (Å²) in [5.74, 6) is 0.579. The fraction of sp³-hybridized carbons (Fsp3) is 0.588. The maximum atomic E-state index is 12.0. The molecule has 5 nitrogen and oxygen atoms in total. The second kappa shape index (κ2) is 9.47. The highest BCUT2D eigenvalue weighted by atomic mass is 35.5. The first kappa shape index (κ1) is 19.3. The van der Waals surface area contributed by atoms with Crippen molar-refractivity contribution >= 4 is 29.1 Å². The number of halogens is 2. The number of ether oxygens (including phenoxy) is 2. The summed E-state index contributed by atoms with van der Waals surface area (Å²) in [6, 6.07) is 5.05. The molecule has 2 rings (SSSR count). The minimum atomic E-state index is -0.0240. The number of hydrogen-bond acceptors (Lipinski definition) is 4. The van der Waals surface area contributed by atoms with Crippen LogP contribution in [0.3, 0.4) is 0 Å². The molecule has 0 spiro atoms. The van der Waals surface area contributed by atoms with Crippen LogP contribution in [0.1, 0.15) is 19.3 Å². The first-order valence-corrected chi connectivity index (χ1v) is 8.84. The maximum Gasteiger partial charge on any atom is 0.223 e. The van der Waals surface area contributed by atoms with E-state index in [9.17, 15) is 4.79 Å². The lowest BCUT2D eigenvalue weighted by Crippen LogP contribution is -2.47. The topological polar surface area (TPSA) is 59.6 Å². The molecule has 0 atom stereocenters. The molecule has 0 saturated carbocycles. The summed E-state index contributed by atoms with van der Waals surface area (Å²) in [4.78, 5) is 12.0. The minimum Gasteiger partial charge on any atom is -0.493 e. The van der Waals surface area contributed by atoms with Gasteiger partial charge in [-0.05, 0) is 38.1 Å². The van der Waals surface area contributed by atoms with Gasteiger partial charge in [0.15, 0.2) is 0 Å². The number of amides is 1. The van der Waals surface area contributed by atoms with Crippen molar-refractivity contribution in [3.05, 3.63) is 28.2 Å². The van der Waals surface area contributed by atoms with E-state index in [2.05, 4.69) is 10.6 Å². The Hall–Kier alpha value is -1.01. The molecule has 1 aromatic carbocycles. The fourth-order valence-electron chi connectivity index (χ4n) is 2.84. The van der Waals surface area contributed by atoms with Crippen molar-refractivity contribution in [1.82, 2.24) is 10.6 Å². The molecule has 1 fully saturated rings. The fourth-order valence-corrected chi connectivity index (χ4v) is 3.13. The van der Waals surface area contributed by atoms with Crippen LogP contribution in [0.15, 0.2) is 18.2 Å². The van der Waals surface area contributed by atoms with Gasteiger partial charge in [-0.3, -0.25) is 4.79 Å². The highest BCUT2D eigenvalue weighted by Gasteiger charge is 2.32. The Morgan fingerprint density at radius 3 is 2.71 bits per heavy atom. The van der Waals surface area contributed by atoms with Gasteiger partial charge in [0.05, 0.1) is 29.7 Å². The SMILES string of the molecule is COCC1(CNC(=O)CCOc2ccc(Cl)c(Cl)c2)CCNCC1. The summed E-state index contributed by atoms with van der Waals surface area (Å²) >= 11 is 11.8. The molecule has 1 aliphatic heterocycles. The Morgan fingerprint density at radius 1 is 1.29 bits per heavy atom. The van der Waals surface area contributed by atoms with Crippen LogP contribution in [0, 0.1) is 5.41 Å². The molecular formula is C17H24Cl2N2O3. The quantitative estimate of drug-likeness (QED) is 0.734. The van der Waals surface area contributed by atoms with Crippen LogP contribution in [0.4, 0.5) is 0 Å². The second-order valence-electron chi connectivity index (χ2n) is 6.13. The van der Waals surface area contributed by atoms with E-state index in [-0.39, 0.29) is 11.3 Å². The van der Waals surface area contributed by atoms with Gasteiger partial charge in [-0.25, -0.2) is 0 Å². The summed E-state index contributed by atoms with van der Waals surface area (Å²) in [5.41, 5.74) is 0.0280. The lowest BCUT2D eigenvalue weighted by Gasteiger charge is -2.37. The van der Waals surface area contributed by atoms with Gasteiger partial charge < -0.3 is 20.1 Å². The van der Waals surface area contributed by atoms with E-state index in [1.165, 1.54) is 0 Å². The van der Waals surface area contributed by atoms with E-state index < -0.39 is 0 Å². The van der Waals surface area contributed by atoms with Crippen molar-refractivity contribution in [2.24, 2.45) is 5.41 Å². The van der Waals surface area contributed by atoms with E-state index in [1.807, 2.05) is 0 Å². The third kappa shape index (κ3) is 5.81. The summed E-state index contributed by atoms with van der Waals surface area (Å²) in [6.07, 6.45) is 2.29. The molecule has 134 valence electrons. The molecule has 24 heavy (non-hydrogen) atoms. The first-order chi connectivity index (χ1) is 11.5. The van der Waals surface area contributed by atoms with Gasteiger partial charge >= 0.3 is 0 Å². The van der Waals surface area contributed by atoms with E-state index in [4.69, 9.17) is 32.7 Å². The molecule has 2 N–H and O–H groups in total. The standard InChI is InChI=1S/C17H24Cl2N2O3/c1-23-12-17(5-7-20-8-6-17)11-21-16(22)4-9-24-13-2-3-14(18)15(19)10-13/h2-3,10,20H,4-9,11-12H2,1H3,(H,21,22). The summed E-state index contributed by atoms with van der Waals surface area (Å²) in [6.45, 7) is 3.50. The predicted octanol–water partition coefficient (Wildman–Crippen LogP) is 2.89. The van der Waals surface area contributed by atoms with E-state index in [0.717, 1.165) is 25.9 Å². The average molecular weight is 375 g/mol. The van der Waals surface area contributed by atoms with Crippen molar-refractivity contribution < 1.29 is 14.3 Å². The van der Waals surface area contributed by atoms with Gasteiger partial charge in [0.25, 0.3) is 0 Å². The molecule has 1 amide bonds. The van der Waals surface area contributed by atoms with Gasteiger partial charge in [-0.15, -0.1) is 0 Å². The molecule has 0 aliphatic carbocycles. The third-order valence-electron chi connectivity index (χ3n) is 4.26. The zero-order valence-electron chi connectivity index (χ0n) is 13.9. The lowest BCUT2D eigenvalue weighted by molar-refractivity contribution is -0.122. The van der Waals surface area contributed by atoms with Crippen molar-refractivity contribution in [2.75, 3.05) is 40.0 Å². The Labute approximate surface area is 153 Å². The molecule has 0 unspecified atom stereocenters. The molecule has 1 heterocycles. The van der Waals surface area contributed by atoms with Crippen LogP contribution in [-0.2, 0) is 9.53 Å². The van der Waals surface area contributed by atoms with Crippen LogP contribution in [0.5, 0.6) is 5.75 Å². The first-order valence-electron chi connectivity index (χ1n) is 8.09. The van der Waals surface area contributed by atoms with Crippen LogP contribution in [0.2, 0.25) is 10.0 Å². The summed E-state index contributed by atoms with van der Waals surface area (Å²) in [7, 11) is 1.71. The van der Waals surface area contributed by atoms with Gasteiger partial charge in [0, 0.05) is 25.1 Å².